The van der Waals surface area contributed by atoms with Gasteiger partial charge in [0, 0.05) is 29.4 Å². The number of amides is 2. The molecule has 0 bridgehead atoms. The molecule has 6 heteroatoms. The Balaban J connectivity index is 1.55. The van der Waals surface area contributed by atoms with Crippen LogP contribution in [0.3, 0.4) is 0 Å². The van der Waals surface area contributed by atoms with Crippen molar-refractivity contribution >= 4 is 22.9 Å². The van der Waals surface area contributed by atoms with Gasteiger partial charge in [0.05, 0.1) is 0 Å². The molecule has 0 fully saturated rings. The summed E-state index contributed by atoms with van der Waals surface area (Å²) in [4.78, 5) is 26.8. The highest BCUT2D eigenvalue weighted by Crippen LogP contribution is 2.33. The zero-order chi connectivity index (χ0) is 18.1. The fourth-order valence-electron chi connectivity index (χ4n) is 3.72. The molecule has 1 aliphatic carbocycles. The standard InChI is InChI=1S/C20H19N3O3/c24-19(18-10-13-6-2-4-8-16(13)22-18)23-17-9-12-5-1-3-7-14(12)15(17)11-21-20(25)26/h1-8,10,15,17,21-22H,9,11H2,(H,23,24)(H,25,26)/t15-,17+/m0/s1. The lowest BCUT2D eigenvalue weighted by Crippen LogP contribution is -2.41. The van der Waals surface area contributed by atoms with Crippen molar-refractivity contribution in [3.05, 3.63) is 71.4 Å². The van der Waals surface area contributed by atoms with Crippen molar-refractivity contribution in [1.82, 2.24) is 15.6 Å². The molecule has 2 amide bonds. The van der Waals surface area contributed by atoms with Crippen molar-refractivity contribution in [2.45, 2.75) is 18.4 Å². The van der Waals surface area contributed by atoms with Crippen molar-refractivity contribution < 1.29 is 14.7 Å². The fraction of sp³-hybridized carbons (Fsp3) is 0.200. The van der Waals surface area contributed by atoms with Crippen molar-refractivity contribution in [2.24, 2.45) is 0 Å². The van der Waals surface area contributed by atoms with Crippen LogP contribution in [-0.2, 0) is 6.42 Å². The molecule has 0 saturated heterocycles. The average Bonchev–Trinajstić information content (AvgIpc) is 3.21. The Kier molecular flexibility index (Phi) is 4.08. The number of rotatable bonds is 4. The molecular formula is C20H19N3O3. The van der Waals surface area contributed by atoms with Crippen LogP contribution in [0.5, 0.6) is 0 Å². The number of benzene rings is 2. The van der Waals surface area contributed by atoms with E-state index in [0.717, 1.165) is 22.0 Å². The summed E-state index contributed by atoms with van der Waals surface area (Å²) in [5, 5.41) is 15.5. The first-order chi connectivity index (χ1) is 12.6. The van der Waals surface area contributed by atoms with Crippen LogP contribution in [0.4, 0.5) is 4.79 Å². The highest BCUT2D eigenvalue weighted by Gasteiger charge is 2.33. The Morgan fingerprint density at radius 1 is 1.12 bits per heavy atom. The Labute approximate surface area is 150 Å². The molecule has 132 valence electrons. The zero-order valence-corrected chi connectivity index (χ0v) is 14.0. The molecule has 0 aliphatic heterocycles. The Morgan fingerprint density at radius 2 is 1.88 bits per heavy atom. The molecule has 0 unspecified atom stereocenters. The summed E-state index contributed by atoms with van der Waals surface area (Å²) in [6.45, 7) is 0.268. The number of nitrogens with one attached hydrogen (secondary N) is 3. The van der Waals surface area contributed by atoms with Crippen molar-refractivity contribution in [3.63, 3.8) is 0 Å². The van der Waals surface area contributed by atoms with Crippen LogP contribution in [0.25, 0.3) is 10.9 Å². The van der Waals surface area contributed by atoms with Crippen LogP contribution in [-0.4, -0.2) is 34.7 Å². The second kappa shape index (κ2) is 6.55. The number of aromatic nitrogens is 1. The molecule has 26 heavy (non-hydrogen) atoms. The summed E-state index contributed by atoms with van der Waals surface area (Å²) < 4.78 is 0. The van der Waals surface area contributed by atoms with Gasteiger partial charge >= 0.3 is 6.09 Å². The molecule has 2 atom stereocenters. The first kappa shape index (κ1) is 16.2. The number of hydrogen-bond donors (Lipinski definition) is 4. The summed E-state index contributed by atoms with van der Waals surface area (Å²) in [6.07, 6.45) is -0.372. The third-order valence-corrected chi connectivity index (χ3v) is 4.94. The van der Waals surface area contributed by atoms with Crippen molar-refractivity contribution in [1.29, 1.82) is 0 Å². The molecule has 4 rings (SSSR count). The van der Waals surface area contributed by atoms with E-state index in [-0.39, 0.29) is 24.4 Å². The predicted molar refractivity (Wildman–Crippen MR) is 98.5 cm³/mol. The van der Waals surface area contributed by atoms with Gasteiger partial charge in [0.1, 0.15) is 5.69 Å². The van der Waals surface area contributed by atoms with Crippen molar-refractivity contribution in [3.8, 4) is 0 Å². The molecule has 0 radical (unpaired) electrons. The third-order valence-electron chi connectivity index (χ3n) is 4.94. The summed E-state index contributed by atoms with van der Waals surface area (Å²) >= 11 is 0. The number of H-pyrrole nitrogens is 1. The zero-order valence-electron chi connectivity index (χ0n) is 14.0. The third kappa shape index (κ3) is 3.01. The second-order valence-electron chi connectivity index (χ2n) is 6.55. The van der Waals surface area contributed by atoms with Gasteiger partial charge in [0.25, 0.3) is 5.91 Å². The number of aromatic amines is 1. The van der Waals surface area contributed by atoms with E-state index in [9.17, 15) is 9.59 Å². The van der Waals surface area contributed by atoms with Crippen LogP contribution in [0.2, 0.25) is 0 Å². The van der Waals surface area contributed by atoms with Crippen molar-refractivity contribution in [2.75, 3.05) is 6.54 Å². The minimum Gasteiger partial charge on any atom is -0.465 e. The van der Waals surface area contributed by atoms with Crippen LogP contribution in [0.1, 0.15) is 27.5 Å². The van der Waals surface area contributed by atoms with Gasteiger partial charge in [-0.3, -0.25) is 4.79 Å². The summed E-state index contributed by atoms with van der Waals surface area (Å²) in [6, 6.07) is 17.3. The van der Waals surface area contributed by atoms with Crippen LogP contribution < -0.4 is 10.6 Å². The van der Waals surface area contributed by atoms with E-state index in [0.29, 0.717) is 12.1 Å². The number of para-hydroxylation sites is 1. The first-order valence-corrected chi connectivity index (χ1v) is 8.55. The molecule has 1 aromatic heterocycles. The second-order valence-corrected chi connectivity index (χ2v) is 6.55. The average molecular weight is 349 g/mol. The van der Waals surface area contributed by atoms with E-state index >= 15 is 0 Å². The lowest BCUT2D eigenvalue weighted by atomic mass is 9.98. The number of carbonyl (C=O) groups is 2. The molecule has 2 aromatic carbocycles. The number of hydrogen-bond acceptors (Lipinski definition) is 2. The molecule has 1 heterocycles. The molecule has 4 N–H and O–H groups in total. The minimum atomic E-state index is -1.06. The smallest absolute Gasteiger partial charge is 0.404 e. The SMILES string of the molecule is O=C(O)NC[C@H]1c2ccccc2C[C@H]1NC(=O)c1cc2ccccc2[nH]1. The van der Waals surface area contributed by atoms with Gasteiger partial charge in [-0.05, 0) is 29.7 Å². The molecule has 6 nitrogen and oxygen atoms in total. The summed E-state index contributed by atoms with van der Waals surface area (Å²) in [5.41, 5.74) is 3.65. The normalized spacial score (nSPS) is 18.5. The maximum Gasteiger partial charge on any atom is 0.404 e. The molecule has 1 aliphatic rings. The van der Waals surface area contributed by atoms with Gasteiger partial charge in [0.2, 0.25) is 0 Å². The lowest BCUT2D eigenvalue weighted by molar-refractivity contribution is 0.0929. The largest absolute Gasteiger partial charge is 0.465 e. The highest BCUT2D eigenvalue weighted by molar-refractivity contribution is 5.98. The first-order valence-electron chi connectivity index (χ1n) is 8.55. The Hall–Kier alpha value is -3.28. The molecule has 3 aromatic rings. The van der Waals surface area contributed by atoms with E-state index in [4.69, 9.17) is 5.11 Å². The summed E-state index contributed by atoms with van der Waals surface area (Å²) in [7, 11) is 0. The van der Waals surface area contributed by atoms with Gasteiger partial charge in [-0.15, -0.1) is 0 Å². The number of carboxylic acid groups (broad SMARTS) is 1. The van der Waals surface area contributed by atoms with Crippen LogP contribution in [0, 0.1) is 0 Å². The molecule has 0 spiro atoms. The van der Waals surface area contributed by atoms with E-state index in [1.165, 1.54) is 0 Å². The van der Waals surface area contributed by atoms with Crippen LogP contribution >= 0.6 is 0 Å². The van der Waals surface area contributed by atoms with Gasteiger partial charge in [-0.2, -0.15) is 0 Å². The lowest BCUT2D eigenvalue weighted by Gasteiger charge is -2.21. The Morgan fingerprint density at radius 3 is 2.69 bits per heavy atom. The van der Waals surface area contributed by atoms with Crippen LogP contribution in [0.15, 0.2) is 54.6 Å². The quantitative estimate of drug-likeness (QED) is 0.583. The number of carbonyl (C=O) groups excluding carboxylic acids is 1. The predicted octanol–water partition coefficient (Wildman–Crippen LogP) is 2.87. The Bertz CT molecular complexity index is 946. The summed E-state index contributed by atoms with van der Waals surface area (Å²) in [5.74, 6) is -0.269. The highest BCUT2D eigenvalue weighted by atomic mass is 16.4. The molecule has 0 saturated carbocycles. The van der Waals surface area contributed by atoms with Gasteiger partial charge in [0.15, 0.2) is 0 Å². The fourth-order valence-corrected chi connectivity index (χ4v) is 3.72. The van der Waals surface area contributed by atoms with Gasteiger partial charge in [-0.25, -0.2) is 4.79 Å². The molecular weight excluding hydrogens is 330 g/mol. The minimum absolute atomic E-state index is 0.0874. The van der Waals surface area contributed by atoms with Gasteiger partial charge < -0.3 is 20.7 Å². The topological polar surface area (TPSA) is 94.2 Å². The maximum atomic E-state index is 12.7. The van der Waals surface area contributed by atoms with E-state index in [1.54, 1.807) is 0 Å². The van der Waals surface area contributed by atoms with E-state index < -0.39 is 6.09 Å². The monoisotopic (exact) mass is 349 g/mol. The van der Waals surface area contributed by atoms with Gasteiger partial charge in [-0.1, -0.05) is 42.5 Å². The maximum absolute atomic E-state index is 12.7. The van der Waals surface area contributed by atoms with E-state index in [2.05, 4.69) is 15.6 Å². The number of fused-ring (bicyclic) bond motifs is 2. The van der Waals surface area contributed by atoms with E-state index in [1.807, 2.05) is 54.6 Å².